The molecule has 4 heteroatoms. The molecule has 2 saturated heterocycles. The van der Waals surface area contributed by atoms with E-state index in [1.807, 2.05) is 30.3 Å². The van der Waals surface area contributed by atoms with Gasteiger partial charge in [-0.3, -0.25) is 9.78 Å². The van der Waals surface area contributed by atoms with Gasteiger partial charge in [-0.05, 0) is 37.8 Å². The maximum Gasteiger partial charge on any atom is 0.255 e. The average Bonchev–Trinajstić information content (AvgIpc) is 2.78. The predicted molar refractivity (Wildman–Crippen MR) is 81.9 cm³/mol. The van der Waals surface area contributed by atoms with Crippen LogP contribution >= 0.6 is 0 Å². The standard InChI is InChI=1S/C17H19N3O/c18-11-9-12-5-6-13(10-11)20(12)17(21)15-7-8-19-16-4-2-1-3-14(15)16/h1-4,7-8,11-13H,5-6,9-10,18H2. The molecule has 1 aromatic heterocycles. The molecule has 1 amide bonds. The van der Waals surface area contributed by atoms with Gasteiger partial charge in [0, 0.05) is 29.7 Å². The van der Waals surface area contributed by atoms with Crippen molar-refractivity contribution in [2.75, 3.05) is 0 Å². The number of fused-ring (bicyclic) bond motifs is 3. The van der Waals surface area contributed by atoms with Crippen LogP contribution in [0, 0.1) is 0 Å². The quantitative estimate of drug-likeness (QED) is 0.872. The molecule has 2 aliphatic heterocycles. The van der Waals surface area contributed by atoms with Gasteiger partial charge in [0.1, 0.15) is 0 Å². The van der Waals surface area contributed by atoms with Gasteiger partial charge in [-0.2, -0.15) is 0 Å². The zero-order chi connectivity index (χ0) is 14.4. The number of nitrogens with two attached hydrogens (primary N) is 1. The van der Waals surface area contributed by atoms with Crippen molar-refractivity contribution in [2.45, 2.75) is 43.8 Å². The highest BCUT2D eigenvalue weighted by atomic mass is 16.2. The minimum Gasteiger partial charge on any atom is -0.333 e. The Morgan fingerprint density at radius 3 is 2.62 bits per heavy atom. The van der Waals surface area contributed by atoms with Crippen LogP contribution in [0.2, 0.25) is 0 Å². The molecule has 3 heterocycles. The zero-order valence-corrected chi connectivity index (χ0v) is 11.9. The van der Waals surface area contributed by atoms with Crippen molar-refractivity contribution in [3.8, 4) is 0 Å². The first-order valence-electron chi connectivity index (χ1n) is 7.66. The summed E-state index contributed by atoms with van der Waals surface area (Å²) in [5.41, 5.74) is 7.75. The largest absolute Gasteiger partial charge is 0.333 e. The summed E-state index contributed by atoms with van der Waals surface area (Å²) in [7, 11) is 0. The Morgan fingerprint density at radius 1 is 1.14 bits per heavy atom. The first-order valence-corrected chi connectivity index (χ1v) is 7.66. The van der Waals surface area contributed by atoms with Gasteiger partial charge < -0.3 is 10.6 Å². The van der Waals surface area contributed by atoms with E-state index in [-0.39, 0.29) is 11.9 Å². The summed E-state index contributed by atoms with van der Waals surface area (Å²) in [4.78, 5) is 19.5. The number of pyridine rings is 1. The Bertz CT molecular complexity index is 680. The average molecular weight is 281 g/mol. The molecule has 108 valence electrons. The number of carbonyl (C=O) groups is 1. The van der Waals surface area contributed by atoms with Gasteiger partial charge in [0.25, 0.3) is 5.91 Å². The molecule has 2 unspecified atom stereocenters. The summed E-state index contributed by atoms with van der Waals surface area (Å²) in [5, 5.41) is 0.944. The van der Waals surface area contributed by atoms with Crippen molar-refractivity contribution in [1.82, 2.24) is 9.88 Å². The Labute approximate surface area is 124 Å². The van der Waals surface area contributed by atoms with E-state index in [1.165, 1.54) is 0 Å². The number of benzene rings is 1. The van der Waals surface area contributed by atoms with Gasteiger partial charge >= 0.3 is 0 Å². The molecule has 2 aliphatic rings. The van der Waals surface area contributed by atoms with Gasteiger partial charge in [-0.25, -0.2) is 0 Å². The minimum absolute atomic E-state index is 0.146. The summed E-state index contributed by atoms with van der Waals surface area (Å²) in [6.45, 7) is 0. The second-order valence-electron chi connectivity index (χ2n) is 6.20. The van der Waals surface area contributed by atoms with Crippen LogP contribution in [0.5, 0.6) is 0 Å². The van der Waals surface area contributed by atoms with Gasteiger partial charge in [0.15, 0.2) is 0 Å². The van der Waals surface area contributed by atoms with E-state index >= 15 is 0 Å². The molecule has 1 aromatic carbocycles. The molecule has 2 bridgehead atoms. The third-order valence-corrected chi connectivity index (χ3v) is 4.88. The van der Waals surface area contributed by atoms with Gasteiger partial charge in [0.05, 0.1) is 11.1 Å². The Balaban J connectivity index is 1.74. The Hall–Kier alpha value is -1.94. The lowest BCUT2D eigenvalue weighted by molar-refractivity contribution is 0.0577. The molecule has 2 N–H and O–H groups in total. The van der Waals surface area contributed by atoms with Crippen molar-refractivity contribution < 1.29 is 4.79 Å². The van der Waals surface area contributed by atoms with Crippen molar-refractivity contribution in [2.24, 2.45) is 5.73 Å². The van der Waals surface area contributed by atoms with E-state index in [1.54, 1.807) is 6.20 Å². The third-order valence-electron chi connectivity index (χ3n) is 4.88. The molecular weight excluding hydrogens is 262 g/mol. The summed E-state index contributed by atoms with van der Waals surface area (Å²) < 4.78 is 0. The second-order valence-corrected chi connectivity index (χ2v) is 6.20. The third kappa shape index (κ3) is 2.02. The van der Waals surface area contributed by atoms with Crippen molar-refractivity contribution in [3.05, 3.63) is 42.1 Å². The lowest BCUT2D eigenvalue weighted by atomic mass is 9.96. The van der Waals surface area contributed by atoms with E-state index in [2.05, 4.69) is 9.88 Å². The Morgan fingerprint density at radius 2 is 1.86 bits per heavy atom. The summed E-state index contributed by atoms with van der Waals surface area (Å²) in [6.07, 6.45) is 5.78. The monoisotopic (exact) mass is 281 g/mol. The normalized spacial score (nSPS) is 28.0. The SMILES string of the molecule is NC1CC2CCC(C1)N2C(=O)c1ccnc2ccccc12. The summed E-state index contributed by atoms with van der Waals surface area (Å²) in [6, 6.07) is 10.6. The van der Waals surface area contributed by atoms with Crippen molar-refractivity contribution >= 4 is 16.8 Å². The highest BCUT2D eigenvalue weighted by Gasteiger charge is 2.42. The molecule has 0 saturated carbocycles. The van der Waals surface area contributed by atoms with Crippen molar-refractivity contribution in [3.63, 3.8) is 0 Å². The van der Waals surface area contributed by atoms with Gasteiger partial charge in [-0.15, -0.1) is 0 Å². The highest BCUT2D eigenvalue weighted by Crippen LogP contribution is 2.36. The van der Waals surface area contributed by atoms with E-state index in [0.29, 0.717) is 12.1 Å². The topological polar surface area (TPSA) is 59.2 Å². The van der Waals surface area contributed by atoms with E-state index < -0.39 is 0 Å². The lowest BCUT2D eigenvalue weighted by Crippen LogP contribution is -2.50. The van der Waals surface area contributed by atoms with Crippen LogP contribution in [0.25, 0.3) is 10.9 Å². The van der Waals surface area contributed by atoms with Crippen LogP contribution in [0.1, 0.15) is 36.0 Å². The minimum atomic E-state index is 0.146. The van der Waals surface area contributed by atoms with E-state index in [0.717, 1.165) is 42.1 Å². The van der Waals surface area contributed by atoms with Crippen LogP contribution in [-0.4, -0.2) is 33.9 Å². The maximum atomic E-state index is 13.0. The number of para-hydroxylation sites is 1. The number of hydrogen-bond acceptors (Lipinski definition) is 3. The molecule has 0 aliphatic carbocycles. The lowest BCUT2D eigenvalue weighted by Gasteiger charge is -2.38. The van der Waals surface area contributed by atoms with Crippen LogP contribution in [0.3, 0.4) is 0 Å². The predicted octanol–water partition coefficient (Wildman–Crippen LogP) is 2.33. The fourth-order valence-electron chi connectivity index (χ4n) is 3.97. The summed E-state index contributed by atoms with van der Waals surface area (Å²) >= 11 is 0. The van der Waals surface area contributed by atoms with Crippen molar-refractivity contribution in [1.29, 1.82) is 0 Å². The summed E-state index contributed by atoms with van der Waals surface area (Å²) in [5.74, 6) is 0.146. The van der Waals surface area contributed by atoms with Crippen LogP contribution < -0.4 is 5.73 Å². The van der Waals surface area contributed by atoms with Crippen LogP contribution in [0.4, 0.5) is 0 Å². The molecule has 2 aromatic rings. The molecule has 2 fully saturated rings. The Kier molecular flexibility index (Phi) is 2.93. The molecule has 4 rings (SSSR count). The molecule has 0 radical (unpaired) electrons. The first kappa shape index (κ1) is 12.8. The van der Waals surface area contributed by atoms with Crippen LogP contribution in [0.15, 0.2) is 36.5 Å². The fourth-order valence-corrected chi connectivity index (χ4v) is 3.97. The van der Waals surface area contributed by atoms with Gasteiger partial charge in [-0.1, -0.05) is 18.2 Å². The molecule has 2 atom stereocenters. The first-order chi connectivity index (χ1) is 10.2. The van der Waals surface area contributed by atoms with E-state index in [9.17, 15) is 4.79 Å². The number of aromatic nitrogens is 1. The highest BCUT2D eigenvalue weighted by molar-refractivity contribution is 6.06. The number of carbonyl (C=O) groups excluding carboxylic acids is 1. The van der Waals surface area contributed by atoms with Crippen LogP contribution in [-0.2, 0) is 0 Å². The second kappa shape index (κ2) is 4.81. The number of amides is 1. The molecular formula is C17H19N3O. The van der Waals surface area contributed by atoms with Gasteiger partial charge in [0.2, 0.25) is 0 Å². The number of rotatable bonds is 1. The fraction of sp³-hybridized carbons (Fsp3) is 0.412. The smallest absolute Gasteiger partial charge is 0.255 e. The van der Waals surface area contributed by atoms with E-state index in [4.69, 9.17) is 5.73 Å². The molecule has 4 nitrogen and oxygen atoms in total. The maximum absolute atomic E-state index is 13.0. The molecule has 0 spiro atoms. The number of hydrogen-bond donors (Lipinski definition) is 1. The number of piperidine rings is 1. The zero-order valence-electron chi connectivity index (χ0n) is 11.9. The number of nitrogens with zero attached hydrogens (tertiary/aromatic N) is 2. The molecule has 21 heavy (non-hydrogen) atoms.